The minimum Gasteiger partial charge on any atom is -0.366 e. The van der Waals surface area contributed by atoms with Crippen LogP contribution in [0.25, 0.3) is 0 Å². The molecule has 0 bridgehead atoms. The van der Waals surface area contributed by atoms with Crippen molar-refractivity contribution in [3.05, 3.63) is 29.3 Å². The number of anilines is 1. The van der Waals surface area contributed by atoms with Gasteiger partial charge < -0.3 is 10.2 Å². The summed E-state index contributed by atoms with van der Waals surface area (Å²) in [5, 5.41) is 4.51. The zero-order valence-electron chi connectivity index (χ0n) is 12.4. The van der Waals surface area contributed by atoms with Gasteiger partial charge >= 0.3 is 0 Å². The Kier molecular flexibility index (Phi) is 4.42. The Hall–Kier alpha value is -0.730. The van der Waals surface area contributed by atoms with E-state index in [1.165, 1.54) is 5.69 Å². The molecule has 0 saturated carbocycles. The number of nitrogens with zero attached hydrogens (tertiary/aromatic N) is 1. The Morgan fingerprint density at radius 3 is 2.42 bits per heavy atom. The van der Waals surface area contributed by atoms with E-state index < -0.39 is 0 Å². The summed E-state index contributed by atoms with van der Waals surface area (Å²) in [6.07, 6.45) is 1.16. The van der Waals surface area contributed by atoms with Gasteiger partial charge in [0.1, 0.15) is 0 Å². The van der Waals surface area contributed by atoms with Crippen LogP contribution in [-0.4, -0.2) is 25.2 Å². The first-order valence-electron chi connectivity index (χ1n) is 7.17. The molecule has 106 valence electrons. The quantitative estimate of drug-likeness (QED) is 0.883. The standard InChI is InChI=1S/C16H25ClN2/c1-5-13-10-18-15(16(2,3)4)11-19(13)14-8-6-12(17)7-9-14/h6-9,13,15,18H,5,10-11H2,1-4H3. The SMILES string of the molecule is CCC1CNC(C(C)(C)C)CN1c1ccc(Cl)cc1. The van der Waals surface area contributed by atoms with Crippen LogP contribution in [0, 0.1) is 5.41 Å². The minimum absolute atomic E-state index is 0.281. The van der Waals surface area contributed by atoms with Crippen LogP contribution >= 0.6 is 11.6 Å². The van der Waals surface area contributed by atoms with E-state index in [1.807, 2.05) is 12.1 Å². The summed E-state index contributed by atoms with van der Waals surface area (Å²) < 4.78 is 0. The number of rotatable bonds is 2. The van der Waals surface area contributed by atoms with Gasteiger partial charge in [-0.3, -0.25) is 0 Å². The van der Waals surface area contributed by atoms with Crippen LogP contribution in [0.4, 0.5) is 5.69 Å². The second-order valence-electron chi connectivity index (χ2n) is 6.52. The van der Waals surface area contributed by atoms with Gasteiger partial charge in [0.05, 0.1) is 0 Å². The number of hydrogen-bond acceptors (Lipinski definition) is 2. The lowest BCUT2D eigenvalue weighted by atomic mass is 9.84. The summed E-state index contributed by atoms with van der Waals surface area (Å²) in [6.45, 7) is 11.3. The molecule has 2 atom stereocenters. The highest BCUT2D eigenvalue weighted by atomic mass is 35.5. The molecule has 1 aliphatic heterocycles. The molecule has 3 heteroatoms. The van der Waals surface area contributed by atoms with E-state index in [4.69, 9.17) is 11.6 Å². The molecule has 0 amide bonds. The van der Waals surface area contributed by atoms with E-state index in [9.17, 15) is 0 Å². The Balaban J connectivity index is 2.21. The third kappa shape index (κ3) is 3.43. The molecule has 0 spiro atoms. The van der Waals surface area contributed by atoms with Gasteiger partial charge in [-0.2, -0.15) is 0 Å². The molecule has 2 unspecified atom stereocenters. The summed E-state index contributed by atoms with van der Waals surface area (Å²) in [4.78, 5) is 2.53. The van der Waals surface area contributed by atoms with E-state index in [0.717, 1.165) is 24.5 Å². The topological polar surface area (TPSA) is 15.3 Å². The number of halogens is 1. The van der Waals surface area contributed by atoms with Gasteiger partial charge in [0, 0.05) is 35.9 Å². The lowest BCUT2D eigenvalue weighted by molar-refractivity contribution is 0.233. The van der Waals surface area contributed by atoms with Gasteiger partial charge in [-0.05, 0) is 36.1 Å². The van der Waals surface area contributed by atoms with Crippen LogP contribution in [0.2, 0.25) is 5.02 Å². The summed E-state index contributed by atoms with van der Waals surface area (Å²) in [5.74, 6) is 0. The van der Waals surface area contributed by atoms with Gasteiger partial charge in [0.15, 0.2) is 0 Å². The Bertz CT molecular complexity index is 408. The molecule has 0 aliphatic carbocycles. The Labute approximate surface area is 122 Å². The van der Waals surface area contributed by atoms with E-state index in [1.54, 1.807) is 0 Å². The zero-order chi connectivity index (χ0) is 14.0. The van der Waals surface area contributed by atoms with Gasteiger partial charge in [-0.25, -0.2) is 0 Å². The Morgan fingerprint density at radius 2 is 1.89 bits per heavy atom. The number of nitrogens with one attached hydrogen (secondary N) is 1. The third-order valence-corrected chi connectivity index (χ3v) is 4.35. The maximum Gasteiger partial charge on any atom is 0.0412 e. The fourth-order valence-electron chi connectivity index (χ4n) is 2.69. The molecular weight excluding hydrogens is 256 g/mol. The highest BCUT2D eigenvalue weighted by molar-refractivity contribution is 6.30. The molecule has 2 rings (SSSR count). The lowest BCUT2D eigenvalue weighted by Gasteiger charge is -2.46. The van der Waals surface area contributed by atoms with Crippen molar-refractivity contribution in [1.29, 1.82) is 0 Å². The lowest BCUT2D eigenvalue weighted by Crippen LogP contribution is -2.60. The molecule has 0 radical (unpaired) electrons. The first kappa shape index (κ1) is 14.7. The van der Waals surface area contributed by atoms with Crippen molar-refractivity contribution in [3.8, 4) is 0 Å². The van der Waals surface area contributed by atoms with Crippen molar-refractivity contribution in [3.63, 3.8) is 0 Å². The normalized spacial score (nSPS) is 24.6. The number of benzene rings is 1. The smallest absolute Gasteiger partial charge is 0.0412 e. The van der Waals surface area contributed by atoms with Crippen molar-refractivity contribution >= 4 is 17.3 Å². The van der Waals surface area contributed by atoms with Crippen LogP contribution in [0.1, 0.15) is 34.1 Å². The largest absolute Gasteiger partial charge is 0.366 e. The summed E-state index contributed by atoms with van der Waals surface area (Å²) in [7, 11) is 0. The molecule has 1 aromatic rings. The fourth-order valence-corrected chi connectivity index (χ4v) is 2.82. The third-order valence-electron chi connectivity index (χ3n) is 4.09. The van der Waals surface area contributed by atoms with E-state index in [-0.39, 0.29) is 5.41 Å². The molecule has 1 N–H and O–H groups in total. The van der Waals surface area contributed by atoms with E-state index in [0.29, 0.717) is 12.1 Å². The molecular formula is C16H25ClN2. The van der Waals surface area contributed by atoms with Gasteiger partial charge in [0.25, 0.3) is 0 Å². The van der Waals surface area contributed by atoms with Crippen LogP contribution in [0.3, 0.4) is 0 Å². The molecule has 2 nitrogen and oxygen atoms in total. The minimum atomic E-state index is 0.281. The molecule has 0 aromatic heterocycles. The van der Waals surface area contributed by atoms with Crippen LogP contribution < -0.4 is 10.2 Å². The highest BCUT2D eigenvalue weighted by Gasteiger charge is 2.33. The van der Waals surface area contributed by atoms with Crippen LogP contribution in [0.15, 0.2) is 24.3 Å². The molecule has 1 fully saturated rings. The van der Waals surface area contributed by atoms with Crippen molar-refractivity contribution in [2.45, 2.75) is 46.2 Å². The molecule has 1 aliphatic rings. The van der Waals surface area contributed by atoms with Gasteiger partial charge in [-0.15, -0.1) is 0 Å². The van der Waals surface area contributed by atoms with Crippen molar-refractivity contribution in [1.82, 2.24) is 5.32 Å². The maximum absolute atomic E-state index is 5.99. The molecule has 19 heavy (non-hydrogen) atoms. The summed E-state index contributed by atoms with van der Waals surface area (Å²) >= 11 is 5.99. The van der Waals surface area contributed by atoms with Crippen molar-refractivity contribution < 1.29 is 0 Å². The second-order valence-corrected chi connectivity index (χ2v) is 6.95. The first-order chi connectivity index (χ1) is 8.91. The average Bonchev–Trinajstić information content (AvgIpc) is 2.38. The van der Waals surface area contributed by atoms with Crippen LogP contribution in [-0.2, 0) is 0 Å². The van der Waals surface area contributed by atoms with Crippen molar-refractivity contribution in [2.75, 3.05) is 18.0 Å². The average molecular weight is 281 g/mol. The molecule has 1 heterocycles. The number of piperazine rings is 1. The predicted octanol–water partition coefficient (Wildman–Crippen LogP) is 3.94. The summed E-state index contributed by atoms with van der Waals surface area (Å²) in [6, 6.07) is 9.33. The zero-order valence-corrected chi connectivity index (χ0v) is 13.2. The van der Waals surface area contributed by atoms with E-state index in [2.05, 4.69) is 50.0 Å². The van der Waals surface area contributed by atoms with E-state index >= 15 is 0 Å². The van der Waals surface area contributed by atoms with Crippen molar-refractivity contribution in [2.24, 2.45) is 5.41 Å². The molecule has 1 saturated heterocycles. The number of hydrogen-bond donors (Lipinski definition) is 1. The second kappa shape index (κ2) is 5.72. The fraction of sp³-hybridized carbons (Fsp3) is 0.625. The monoisotopic (exact) mass is 280 g/mol. The first-order valence-corrected chi connectivity index (χ1v) is 7.55. The van der Waals surface area contributed by atoms with Crippen LogP contribution in [0.5, 0.6) is 0 Å². The van der Waals surface area contributed by atoms with Gasteiger partial charge in [-0.1, -0.05) is 39.3 Å². The highest BCUT2D eigenvalue weighted by Crippen LogP contribution is 2.28. The maximum atomic E-state index is 5.99. The summed E-state index contributed by atoms with van der Waals surface area (Å²) in [5.41, 5.74) is 1.57. The predicted molar refractivity (Wildman–Crippen MR) is 84.1 cm³/mol. The molecule has 1 aromatic carbocycles. The Morgan fingerprint density at radius 1 is 1.26 bits per heavy atom. The van der Waals surface area contributed by atoms with Gasteiger partial charge in [0.2, 0.25) is 0 Å².